The first kappa shape index (κ1) is 11.0. The molecule has 0 saturated carbocycles. The largest absolute Gasteiger partial charge is 0.398 e. The third-order valence-electron chi connectivity index (χ3n) is 2.21. The highest BCUT2D eigenvalue weighted by Gasteiger charge is 2.02. The maximum atomic E-state index is 12.7. The van der Waals surface area contributed by atoms with Crippen LogP contribution in [0, 0.1) is 12.7 Å². The van der Waals surface area contributed by atoms with Crippen molar-refractivity contribution in [3.63, 3.8) is 0 Å². The van der Waals surface area contributed by atoms with E-state index in [9.17, 15) is 4.39 Å². The zero-order chi connectivity index (χ0) is 11.5. The molecule has 82 valence electrons. The minimum Gasteiger partial charge on any atom is -0.398 e. The summed E-state index contributed by atoms with van der Waals surface area (Å²) in [5.41, 5.74) is 7.80. The highest BCUT2D eigenvalue weighted by atomic mass is 32.2. The van der Waals surface area contributed by atoms with Gasteiger partial charge in [-0.15, -0.1) is 0 Å². The van der Waals surface area contributed by atoms with Crippen LogP contribution < -0.4 is 5.73 Å². The Morgan fingerprint density at radius 1 is 1.06 bits per heavy atom. The van der Waals surface area contributed by atoms with Gasteiger partial charge in [0.25, 0.3) is 0 Å². The number of aryl methyl sites for hydroxylation is 1. The number of nitrogens with two attached hydrogens (primary N) is 1. The van der Waals surface area contributed by atoms with Crippen molar-refractivity contribution in [3.8, 4) is 0 Å². The van der Waals surface area contributed by atoms with Gasteiger partial charge in [-0.25, -0.2) is 4.39 Å². The van der Waals surface area contributed by atoms with Crippen LogP contribution in [0.25, 0.3) is 0 Å². The average molecular weight is 233 g/mol. The van der Waals surface area contributed by atoms with Crippen LogP contribution in [0.3, 0.4) is 0 Å². The molecule has 0 heterocycles. The predicted octanol–water partition coefficient (Wildman–Crippen LogP) is 3.87. The van der Waals surface area contributed by atoms with E-state index in [2.05, 4.69) is 0 Å². The summed E-state index contributed by atoms with van der Waals surface area (Å²) in [7, 11) is 0. The maximum Gasteiger partial charge on any atom is 0.123 e. The molecule has 0 saturated heterocycles. The first-order chi connectivity index (χ1) is 7.65. The van der Waals surface area contributed by atoms with Gasteiger partial charge < -0.3 is 5.73 Å². The fourth-order valence-corrected chi connectivity index (χ4v) is 2.23. The van der Waals surface area contributed by atoms with E-state index < -0.39 is 0 Å². The summed E-state index contributed by atoms with van der Waals surface area (Å²) in [4.78, 5) is 1.98. The number of benzene rings is 2. The van der Waals surface area contributed by atoms with Crippen molar-refractivity contribution in [2.75, 3.05) is 5.73 Å². The lowest BCUT2D eigenvalue weighted by atomic mass is 10.2. The molecule has 1 nitrogen and oxygen atoms in total. The van der Waals surface area contributed by atoms with E-state index in [4.69, 9.17) is 5.73 Å². The van der Waals surface area contributed by atoms with Crippen molar-refractivity contribution in [1.82, 2.24) is 0 Å². The van der Waals surface area contributed by atoms with Crippen LogP contribution in [0.1, 0.15) is 5.56 Å². The second-order valence-corrected chi connectivity index (χ2v) is 4.71. The maximum absolute atomic E-state index is 12.7. The first-order valence-electron chi connectivity index (χ1n) is 4.95. The van der Waals surface area contributed by atoms with Gasteiger partial charge in [-0.1, -0.05) is 17.8 Å². The Labute approximate surface area is 98.5 Å². The lowest BCUT2D eigenvalue weighted by molar-refractivity contribution is 0.626. The molecule has 0 aliphatic heterocycles. The molecule has 16 heavy (non-hydrogen) atoms. The van der Waals surface area contributed by atoms with E-state index >= 15 is 0 Å². The van der Waals surface area contributed by atoms with Gasteiger partial charge >= 0.3 is 0 Å². The average Bonchev–Trinajstić information content (AvgIpc) is 2.25. The van der Waals surface area contributed by atoms with Crippen LogP contribution >= 0.6 is 11.8 Å². The van der Waals surface area contributed by atoms with Gasteiger partial charge in [-0.05, 0) is 48.9 Å². The number of anilines is 1. The SMILES string of the molecule is Cc1ccc(Sc2ccc(F)cc2)c(N)c1. The standard InChI is InChI=1S/C13H12FNS/c1-9-2-7-13(12(15)8-9)16-11-5-3-10(14)4-6-11/h2-8H,15H2,1H3. The summed E-state index contributed by atoms with van der Waals surface area (Å²) >= 11 is 1.54. The molecular formula is C13H12FNS. The van der Waals surface area contributed by atoms with Crippen LogP contribution in [-0.2, 0) is 0 Å². The Morgan fingerprint density at radius 2 is 1.75 bits per heavy atom. The zero-order valence-electron chi connectivity index (χ0n) is 8.91. The molecule has 0 unspecified atom stereocenters. The molecule has 0 bridgehead atoms. The molecule has 0 aromatic heterocycles. The van der Waals surface area contributed by atoms with Crippen molar-refractivity contribution >= 4 is 17.4 Å². The Kier molecular flexibility index (Phi) is 3.15. The molecule has 0 aliphatic carbocycles. The molecule has 0 spiro atoms. The van der Waals surface area contributed by atoms with Crippen molar-refractivity contribution in [1.29, 1.82) is 0 Å². The van der Waals surface area contributed by atoms with Gasteiger partial charge in [0.2, 0.25) is 0 Å². The Morgan fingerprint density at radius 3 is 2.38 bits per heavy atom. The number of rotatable bonds is 2. The van der Waals surface area contributed by atoms with Crippen LogP contribution in [0.4, 0.5) is 10.1 Å². The van der Waals surface area contributed by atoms with E-state index in [-0.39, 0.29) is 5.82 Å². The summed E-state index contributed by atoms with van der Waals surface area (Å²) in [6, 6.07) is 12.3. The van der Waals surface area contributed by atoms with E-state index in [1.807, 2.05) is 25.1 Å². The van der Waals surface area contributed by atoms with E-state index in [1.54, 1.807) is 12.1 Å². The Bertz CT molecular complexity index is 494. The van der Waals surface area contributed by atoms with Gasteiger partial charge in [0.1, 0.15) is 5.82 Å². The highest BCUT2D eigenvalue weighted by molar-refractivity contribution is 7.99. The Hall–Kier alpha value is -1.48. The minimum atomic E-state index is -0.221. The van der Waals surface area contributed by atoms with E-state index in [0.29, 0.717) is 0 Å². The summed E-state index contributed by atoms with van der Waals surface area (Å²) < 4.78 is 12.7. The first-order valence-corrected chi connectivity index (χ1v) is 5.76. The number of nitrogen functional groups attached to an aromatic ring is 1. The van der Waals surface area contributed by atoms with Gasteiger partial charge in [0.15, 0.2) is 0 Å². The van der Waals surface area contributed by atoms with Crippen LogP contribution in [0.5, 0.6) is 0 Å². The second-order valence-electron chi connectivity index (χ2n) is 3.60. The summed E-state index contributed by atoms with van der Waals surface area (Å²) in [6.07, 6.45) is 0. The molecule has 2 N–H and O–H groups in total. The molecule has 3 heteroatoms. The highest BCUT2D eigenvalue weighted by Crippen LogP contribution is 2.32. The molecule has 0 fully saturated rings. The monoisotopic (exact) mass is 233 g/mol. The van der Waals surface area contributed by atoms with Gasteiger partial charge in [-0.3, -0.25) is 0 Å². The summed E-state index contributed by atoms with van der Waals surface area (Å²) in [5, 5.41) is 0. The number of hydrogen-bond donors (Lipinski definition) is 1. The van der Waals surface area contributed by atoms with Crippen molar-refractivity contribution in [2.24, 2.45) is 0 Å². The van der Waals surface area contributed by atoms with Crippen LogP contribution in [-0.4, -0.2) is 0 Å². The fourth-order valence-electron chi connectivity index (χ4n) is 1.39. The second kappa shape index (κ2) is 4.58. The smallest absolute Gasteiger partial charge is 0.123 e. The van der Waals surface area contributed by atoms with Gasteiger partial charge in [0, 0.05) is 15.5 Å². The van der Waals surface area contributed by atoms with Crippen molar-refractivity contribution in [2.45, 2.75) is 16.7 Å². The molecular weight excluding hydrogens is 221 g/mol. The topological polar surface area (TPSA) is 26.0 Å². The summed E-state index contributed by atoms with van der Waals surface area (Å²) in [5.74, 6) is -0.221. The van der Waals surface area contributed by atoms with Gasteiger partial charge in [-0.2, -0.15) is 0 Å². The van der Waals surface area contributed by atoms with E-state index in [0.717, 1.165) is 21.0 Å². The van der Waals surface area contributed by atoms with Crippen molar-refractivity contribution in [3.05, 3.63) is 53.8 Å². The summed E-state index contributed by atoms with van der Waals surface area (Å²) in [6.45, 7) is 2.00. The van der Waals surface area contributed by atoms with Crippen LogP contribution in [0.15, 0.2) is 52.3 Å². The Balaban J connectivity index is 2.23. The van der Waals surface area contributed by atoms with Crippen LogP contribution in [0.2, 0.25) is 0 Å². The number of hydrogen-bond acceptors (Lipinski definition) is 2. The molecule has 0 radical (unpaired) electrons. The number of halogens is 1. The predicted molar refractivity (Wildman–Crippen MR) is 66.1 cm³/mol. The minimum absolute atomic E-state index is 0.221. The molecule has 0 amide bonds. The molecule has 0 aliphatic rings. The lowest BCUT2D eigenvalue weighted by Gasteiger charge is -2.06. The zero-order valence-corrected chi connectivity index (χ0v) is 9.72. The molecule has 2 aromatic carbocycles. The fraction of sp³-hybridized carbons (Fsp3) is 0.0769. The third kappa shape index (κ3) is 2.55. The molecule has 0 atom stereocenters. The normalized spacial score (nSPS) is 10.4. The van der Waals surface area contributed by atoms with Gasteiger partial charge in [0.05, 0.1) is 0 Å². The molecule has 2 aromatic rings. The third-order valence-corrected chi connectivity index (χ3v) is 3.31. The molecule has 2 rings (SSSR count). The quantitative estimate of drug-likeness (QED) is 0.797. The van der Waals surface area contributed by atoms with E-state index in [1.165, 1.54) is 23.9 Å². The lowest BCUT2D eigenvalue weighted by Crippen LogP contribution is -1.89. The van der Waals surface area contributed by atoms with Crippen molar-refractivity contribution < 1.29 is 4.39 Å².